The molecule has 0 spiro atoms. The summed E-state index contributed by atoms with van der Waals surface area (Å²) >= 11 is 0. The van der Waals surface area contributed by atoms with Crippen LogP contribution in [0.25, 0.3) is 0 Å². The van der Waals surface area contributed by atoms with Gasteiger partial charge in [-0.25, -0.2) is 0 Å². The van der Waals surface area contributed by atoms with Crippen LogP contribution in [0.4, 0.5) is 0 Å². The van der Waals surface area contributed by atoms with Gasteiger partial charge in [0.25, 0.3) is 0 Å². The second-order valence-corrected chi connectivity index (χ2v) is 6.80. The van der Waals surface area contributed by atoms with Gasteiger partial charge in [0.15, 0.2) is 0 Å². The van der Waals surface area contributed by atoms with Crippen molar-refractivity contribution in [1.82, 2.24) is 0 Å². The molecule has 1 aromatic rings. The molecule has 0 bridgehead atoms. The van der Waals surface area contributed by atoms with Gasteiger partial charge in [-0.05, 0) is 38.3 Å². The molecule has 1 aliphatic heterocycles. The summed E-state index contributed by atoms with van der Waals surface area (Å²) in [7, 11) is -1.42. The van der Waals surface area contributed by atoms with Gasteiger partial charge < -0.3 is 8.85 Å². The van der Waals surface area contributed by atoms with Gasteiger partial charge in [-0.3, -0.25) is 0 Å². The Morgan fingerprint density at radius 1 is 1.19 bits per heavy atom. The molecular weight excluding hydrogens is 216 g/mol. The van der Waals surface area contributed by atoms with E-state index in [0.717, 1.165) is 12.7 Å². The van der Waals surface area contributed by atoms with E-state index in [1.807, 2.05) is 6.07 Å². The minimum Gasteiger partial charge on any atom is -0.397 e. The largest absolute Gasteiger partial charge is 0.397 e. The molecule has 0 N–H and O–H groups in total. The molecule has 1 saturated heterocycles. The number of benzene rings is 1. The molecule has 1 heterocycles. The average molecular weight is 236 g/mol. The standard InChI is InChI=1S/C13H20O2Si/c1-13(2,12-8-4-3-5-9-12)15-16-11-7-6-10-14-16/h3-5,8-9,16H,6-7,10-11H2,1-2H3. The van der Waals surface area contributed by atoms with Crippen LogP contribution in [0, 0.1) is 0 Å². The maximum atomic E-state index is 6.18. The van der Waals surface area contributed by atoms with Crippen LogP contribution < -0.4 is 0 Å². The van der Waals surface area contributed by atoms with Crippen LogP contribution in [-0.4, -0.2) is 15.9 Å². The first kappa shape index (κ1) is 11.8. The Hall–Kier alpha value is -0.643. The summed E-state index contributed by atoms with van der Waals surface area (Å²) in [6, 6.07) is 11.5. The molecule has 1 unspecified atom stereocenters. The lowest BCUT2D eigenvalue weighted by Gasteiger charge is -2.32. The normalized spacial score (nSPS) is 22.0. The average Bonchev–Trinajstić information content (AvgIpc) is 2.31. The Bertz CT molecular complexity index is 318. The lowest BCUT2D eigenvalue weighted by Crippen LogP contribution is -2.35. The van der Waals surface area contributed by atoms with Crippen molar-refractivity contribution in [1.29, 1.82) is 0 Å². The van der Waals surface area contributed by atoms with Gasteiger partial charge >= 0.3 is 9.28 Å². The van der Waals surface area contributed by atoms with Gasteiger partial charge in [0, 0.05) is 6.61 Å². The molecule has 0 amide bonds. The third kappa shape index (κ3) is 2.94. The fourth-order valence-corrected chi connectivity index (χ4v) is 4.24. The molecule has 3 heteroatoms. The summed E-state index contributed by atoms with van der Waals surface area (Å²) < 4.78 is 11.9. The molecule has 1 atom stereocenters. The summed E-state index contributed by atoms with van der Waals surface area (Å²) in [6.45, 7) is 5.16. The van der Waals surface area contributed by atoms with Gasteiger partial charge in [0.2, 0.25) is 0 Å². The minimum absolute atomic E-state index is 0.213. The summed E-state index contributed by atoms with van der Waals surface area (Å²) in [5.41, 5.74) is 1.02. The van der Waals surface area contributed by atoms with Crippen molar-refractivity contribution in [3.63, 3.8) is 0 Å². The van der Waals surface area contributed by atoms with Crippen molar-refractivity contribution in [2.75, 3.05) is 6.61 Å². The molecule has 0 aromatic heterocycles. The first-order chi connectivity index (χ1) is 7.68. The zero-order valence-electron chi connectivity index (χ0n) is 10.1. The summed E-state index contributed by atoms with van der Waals surface area (Å²) in [5.74, 6) is 0. The molecule has 1 aromatic carbocycles. The molecule has 0 aliphatic carbocycles. The predicted molar refractivity (Wildman–Crippen MR) is 67.7 cm³/mol. The lowest BCUT2D eigenvalue weighted by molar-refractivity contribution is 0.0571. The zero-order valence-corrected chi connectivity index (χ0v) is 11.3. The molecule has 88 valence electrons. The molecule has 1 fully saturated rings. The van der Waals surface area contributed by atoms with Crippen LogP contribution in [0.5, 0.6) is 0 Å². The van der Waals surface area contributed by atoms with E-state index in [0.29, 0.717) is 0 Å². The van der Waals surface area contributed by atoms with Crippen LogP contribution in [0.3, 0.4) is 0 Å². The molecule has 2 nitrogen and oxygen atoms in total. The number of hydrogen-bond donors (Lipinski definition) is 0. The highest BCUT2D eigenvalue weighted by atomic mass is 28.3. The predicted octanol–water partition coefficient (Wildman–Crippen LogP) is 2.97. The third-order valence-corrected chi connectivity index (χ3v) is 5.37. The number of rotatable bonds is 3. The van der Waals surface area contributed by atoms with E-state index in [-0.39, 0.29) is 5.60 Å². The van der Waals surface area contributed by atoms with Crippen LogP contribution in [0.1, 0.15) is 32.3 Å². The Kier molecular flexibility index (Phi) is 3.79. The van der Waals surface area contributed by atoms with E-state index in [4.69, 9.17) is 8.85 Å². The van der Waals surface area contributed by atoms with Crippen molar-refractivity contribution in [2.45, 2.75) is 38.3 Å². The Morgan fingerprint density at radius 3 is 2.56 bits per heavy atom. The van der Waals surface area contributed by atoms with E-state index >= 15 is 0 Å². The highest BCUT2D eigenvalue weighted by molar-refractivity contribution is 6.44. The summed E-state index contributed by atoms with van der Waals surface area (Å²) in [6.07, 6.45) is 2.46. The first-order valence-corrected chi connectivity index (χ1v) is 7.79. The molecule has 0 saturated carbocycles. The van der Waals surface area contributed by atoms with Gasteiger partial charge in [-0.15, -0.1) is 0 Å². The monoisotopic (exact) mass is 236 g/mol. The van der Waals surface area contributed by atoms with Gasteiger partial charge in [0.05, 0.1) is 5.60 Å². The van der Waals surface area contributed by atoms with Gasteiger partial charge in [-0.1, -0.05) is 30.3 Å². The molecular formula is C13H20O2Si. The quantitative estimate of drug-likeness (QED) is 0.751. The fourth-order valence-electron chi connectivity index (χ4n) is 2.04. The van der Waals surface area contributed by atoms with E-state index in [1.165, 1.54) is 18.4 Å². The van der Waals surface area contributed by atoms with Gasteiger partial charge in [-0.2, -0.15) is 0 Å². The molecule has 16 heavy (non-hydrogen) atoms. The topological polar surface area (TPSA) is 18.5 Å². The Labute approximate surface area is 99.4 Å². The first-order valence-electron chi connectivity index (χ1n) is 6.03. The Morgan fingerprint density at radius 2 is 1.94 bits per heavy atom. The smallest absolute Gasteiger partial charge is 0.322 e. The summed E-state index contributed by atoms with van der Waals surface area (Å²) in [5, 5.41) is 0. The van der Waals surface area contributed by atoms with Crippen molar-refractivity contribution in [2.24, 2.45) is 0 Å². The van der Waals surface area contributed by atoms with Crippen LogP contribution >= 0.6 is 0 Å². The second kappa shape index (κ2) is 5.12. The van der Waals surface area contributed by atoms with Crippen molar-refractivity contribution >= 4 is 9.28 Å². The maximum Gasteiger partial charge on any atom is 0.322 e. The third-order valence-electron chi connectivity index (χ3n) is 3.03. The van der Waals surface area contributed by atoms with E-state index in [1.54, 1.807) is 0 Å². The van der Waals surface area contributed by atoms with E-state index in [2.05, 4.69) is 38.1 Å². The Balaban J connectivity index is 2.01. The number of hydrogen-bond acceptors (Lipinski definition) is 2. The summed E-state index contributed by atoms with van der Waals surface area (Å²) in [4.78, 5) is 0. The minimum atomic E-state index is -1.42. The highest BCUT2D eigenvalue weighted by Gasteiger charge is 2.28. The van der Waals surface area contributed by atoms with Crippen LogP contribution in [0.15, 0.2) is 30.3 Å². The molecule has 1 aliphatic rings. The fraction of sp³-hybridized carbons (Fsp3) is 0.538. The van der Waals surface area contributed by atoms with Crippen molar-refractivity contribution < 1.29 is 8.85 Å². The van der Waals surface area contributed by atoms with E-state index < -0.39 is 9.28 Å². The SMILES string of the molecule is CC(C)(O[SiH]1CCCCO1)c1ccccc1. The zero-order chi connectivity index (χ0) is 11.4. The maximum absolute atomic E-state index is 6.18. The highest BCUT2D eigenvalue weighted by Crippen LogP contribution is 2.27. The van der Waals surface area contributed by atoms with Crippen molar-refractivity contribution in [3.05, 3.63) is 35.9 Å². The molecule has 0 radical (unpaired) electrons. The lowest BCUT2D eigenvalue weighted by atomic mass is 9.99. The van der Waals surface area contributed by atoms with Crippen LogP contribution in [0.2, 0.25) is 6.04 Å². The van der Waals surface area contributed by atoms with Gasteiger partial charge in [0.1, 0.15) is 0 Å². The second-order valence-electron chi connectivity index (χ2n) is 4.79. The van der Waals surface area contributed by atoms with Crippen molar-refractivity contribution in [3.8, 4) is 0 Å². The van der Waals surface area contributed by atoms with E-state index in [9.17, 15) is 0 Å². The van der Waals surface area contributed by atoms with Crippen LogP contribution in [-0.2, 0) is 14.5 Å². The molecule has 2 rings (SSSR count).